The van der Waals surface area contributed by atoms with Gasteiger partial charge >= 0.3 is 6.18 Å². The zero-order valence-corrected chi connectivity index (χ0v) is 15.6. The van der Waals surface area contributed by atoms with Crippen molar-refractivity contribution in [3.8, 4) is 0 Å². The number of rotatable bonds is 5. The van der Waals surface area contributed by atoms with Crippen LogP contribution in [0.3, 0.4) is 0 Å². The van der Waals surface area contributed by atoms with Crippen LogP contribution < -0.4 is 4.31 Å². The number of nitrogens with zero attached hydrogens (tertiary/aromatic N) is 2. The molecule has 2 aromatic rings. The molecule has 0 fully saturated rings. The van der Waals surface area contributed by atoms with Gasteiger partial charge in [0.05, 0.1) is 16.1 Å². The van der Waals surface area contributed by atoms with Crippen LogP contribution in [-0.4, -0.2) is 27.2 Å². The van der Waals surface area contributed by atoms with Gasteiger partial charge in [0.2, 0.25) is 0 Å². The third kappa shape index (κ3) is 4.13. The van der Waals surface area contributed by atoms with Gasteiger partial charge in [0.25, 0.3) is 10.0 Å². The Hall–Kier alpha value is -1.65. The Morgan fingerprint density at radius 2 is 1.96 bits per heavy atom. The maximum absolute atomic E-state index is 13.1. The molecule has 0 N–H and O–H groups in total. The Morgan fingerprint density at radius 3 is 2.52 bits per heavy atom. The molecule has 0 saturated heterocycles. The van der Waals surface area contributed by atoms with Crippen molar-refractivity contribution in [1.29, 1.82) is 0 Å². The molecular weight excluding hydrogens is 425 g/mol. The van der Waals surface area contributed by atoms with E-state index in [-0.39, 0.29) is 22.6 Å². The zero-order valence-electron chi connectivity index (χ0n) is 13.2. The molecule has 0 spiro atoms. The Balaban J connectivity index is 2.61. The first-order valence-corrected chi connectivity index (χ1v) is 9.12. The van der Waals surface area contributed by atoms with Crippen LogP contribution in [0, 0.1) is 6.92 Å². The predicted octanol–water partition coefficient (Wildman–Crippen LogP) is 3.97. The summed E-state index contributed by atoms with van der Waals surface area (Å²) in [5, 5.41) is 0. The lowest BCUT2D eigenvalue weighted by molar-refractivity contribution is -0.138. The highest BCUT2D eigenvalue weighted by molar-refractivity contribution is 9.10. The number of anilines is 1. The predicted molar refractivity (Wildman–Crippen MR) is 89.7 cm³/mol. The molecule has 25 heavy (non-hydrogen) atoms. The molecule has 0 bridgehead atoms. The Kier molecular flexibility index (Phi) is 5.75. The van der Waals surface area contributed by atoms with Gasteiger partial charge in [-0.2, -0.15) is 13.2 Å². The van der Waals surface area contributed by atoms with Crippen molar-refractivity contribution in [3.05, 3.63) is 52.3 Å². The largest absolute Gasteiger partial charge is 0.416 e. The van der Waals surface area contributed by atoms with E-state index in [2.05, 4.69) is 20.9 Å². The number of aryl methyl sites for hydroxylation is 1. The maximum Gasteiger partial charge on any atom is 0.416 e. The normalized spacial score (nSPS) is 12.2. The molecule has 0 aliphatic rings. The SMILES string of the molecule is COCN(c1cccnc1Br)S(=O)(=O)c1ccc(C)c(C(F)(F)F)c1. The van der Waals surface area contributed by atoms with E-state index in [0.717, 1.165) is 16.4 Å². The van der Waals surface area contributed by atoms with E-state index in [4.69, 9.17) is 4.74 Å². The first-order valence-electron chi connectivity index (χ1n) is 6.89. The van der Waals surface area contributed by atoms with Gasteiger partial charge in [-0.15, -0.1) is 0 Å². The maximum atomic E-state index is 13.1. The van der Waals surface area contributed by atoms with Crippen molar-refractivity contribution in [2.24, 2.45) is 0 Å². The van der Waals surface area contributed by atoms with Gasteiger partial charge in [0.15, 0.2) is 0 Å². The number of sulfonamides is 1. The molecule has 0 atom stereocenters. The molecule has 0 radical (unpaired) electrons. The second kappa shape index (κ2) is 7.30. The summed E-state index contributed by atoms with van der Waals surface area (Å²) >= 11 is 3.14. The van der Waals surface area contributed by atoms with Crippen molar-refractivity contribution in [3.63, 3.8) is 0 Å². The van der Waals surface area contributed by atoms with Gasteiger partial charge in [0, 0.05) is 13.3 Å². The standard InChI is InChI=1S/C15H14BrF3N2O3S/c1-10-5-6-11(8-12(10)15(17,18)19)25(22,23)21(9-24-2)13-4-3-7-20-14(13)16/h3-8H,9H2,1-2H3. The van der Waals surface area contributed by atoms with Crippen molar-refractivity contribution >= 4 is 31.6 Å². The number of aromatic nitrogens is 1. The fourth-order valence-electron chi connectivity index (χ4n) is 2.14. The molecular formula is C15H14BrF3N2O3S. The highest BCUT2D eigenvalue weighted by Crippen LogP contribution is 2.35. The number of hydrogen-bond donors (Lipinski definition) is 0. The van der Waals surface area contributed by atoms with Gasteiger partial charge in [-0.25, -0.2) is 17.7 Å². The summed E-state index contributed by atoms with van der Waals surface area (Å²) in [4.78, 5) is 3.45. The van der Waals surface area contributed by atoms with E-state index in [9.17, 15) is 21.6 Å². The Morgan fingerprint density at radius 1 is 1.28 bits per heavy atom. The number of halogens is 4. The number of methoxy groups -OCH3 is 1. The summed E-state index contributed by atoms with van der Waals surface area (Å²) in [5.41, 5.74) is -0.915. The minimum Gasteiger partial charge on any atom is -0.363 e. The monoisotopic (exact) mass is 438 g/mol. The highest BCUT2D eigenvalue weighted by Gasteiger charge is 2.35. The number of hydrogen-bond acceptors (Lipinski definition) is 4. The third-order valence-corrected chi connectivity index (χ3v) is 5.70. The lowest BCUT2D eigenvalue weighted by Crippen LogP contribution is -2.33. The second-order valence-corrected chi connectivity index (χ2v) is 7.67. The summed E-state index contributed by atoms with van der Waals surface area (Å²) in [5.74, 6) is 0. The lowest BCUT2D eigenvalue weighted by Gasteiger charge is -2.24. The summed E-state index contributed by atoms with van der Waals surface area (Å²) in [6.45, 7) is 0.881. The van der Waals surface area contributed by atoms with E-state index in [1.165, 1.54) is 32.4 Å². The van der Waals surface area contributed by atoms with Gasteiger partial charge in [-0.1, -0.05) is 6.07 Å². The molecule has 2 rings (SSSR count). The molecule has 0 amide bonds. The lowest BCUT2D eigenvalue weighted by atomic mass is 10.1. The fourth-order valence-corrected chi connectivity index (χ4v) is 4.14. The van der Waals surface area contributed by atoms with E-state index in [0.29, 0.717) is 6.07 Å². The van der Waals surface area contributed by atoms with Gasteiger partial charge in [0.1, 0.15) is 11.3 Å². The zero-order chi connectivity index (χ0) is 18.8. The average molecular weight is 439 g/mol. The summed E-state index contributed by atoms with van der Waals surface area (Å²) < 4.78 is 71.1. The van der Waals surface area contributed by atoms with Crippen molar-refractivity contribution in [2.45, 2.75) is 18.0 Å². The average Bonchev–Trinajstić information content (AvgIpc) is 2.52. The van der Waals surface area contributed by atoms with Crippen molar-refractivity contribution in [2.75, 3.05) is 18.1 Å². The topological polar surface area (TPSA) is 59.5 Å². The molecule has 1 heterocycles. The minimum atomic E-state index is -4.66. The second-order valence-electron chi connectivity index (χ2n) is 5.06. The third-order valence-electron chi connectivity index (χ3n) is 3.36. The fraction of sp³-hybridized carbons (Fsp3) is 0.267. The molecule has 1 aromatic carbocycles. The van der Waals surface area contributed by atoms with Crippen LogP contribution in [0.15, 0.2) is 46.0 Å². The van der Waals surface area contributed by atoms with Crippen LogP contribution in [0.25, 0.3) is 0 Å². The van der Waals surface area contributed by atoms with Crippen LogP contribution in [0.5, 0.6) is 0 Å². The van der Waals surface area contributed by atoms with Gasteiger partial charge in [-0.05, 0) is 52.7 Å². The van der Waals surface area contributed by atoms with Crippen LogP contribution in [-0.2, 0) is 20.9 Å². The molecule has 0 unspecified atom stereocenters. The smallest absolute Gasteiger partial charge is 0.363 e. The summed E-state index contributed by atoms with van der Waals surface area (Å²) in [7, 11) is -3.02. The Labute approximate surface area is 151 Å². The molecule has 10 heteroatoms. The molecule has 0 aliphatic heterocycles. The molecule has 5 nitrogen and oxygen atoms in total. The number of alkyl halides is 3. The molecule has 0 saturated carbocycles. The molecule has 1 aromatic heterocycles. The van der Waals surface area contributed by atoms with Crippen LogP contribution in [0.2, 0.25) is 0 Å². The first kappa shape index (κ1) is 19.7. The minimum absolute atomic E-state index is 0.0627. The molecule has 136 valence electrons. The van der Waals surface area contributed by atoms with E-state index < -0.39 is 26.7 Å². The quantitative estimate of drug-likeness (QED) is 0.523. The van der Waals surface area contributed by atoms with Crippen LogP contribution in [0.1, 0.15) is 11.1 Å². The Bertz CT molecular complexity index is 873. The highest BCUT2D eigenvalue weighted by atomic mass is 79.9. The number of benzene rings is 1. The van der Waals surface area contributed by atoms with Crippen LogP contribution >= 0.6 is 15.9 Å². The van der Waals surface area contributed by atoms with E-state index in [1.54, 1.807) is 0 Å². The summed E-state index contributed by atoms with van der Waals surface area (Å²) in [6, 6.07) is 5.85. The van der Waals surface area contributed by atoms with E-state index >= 15 is 0 Å². The molecule has 0 aliphatic carbocycles. The van der Waals surface area contributed by atoms with E-state index in [1.807, 2.05) is 0 Å². The van der Waals surface area contributed by atoms with Gasteiger partial charge < -0.3 is 4.74 Å². The van der Waals surface area contributed by atoms with Crippen molar-refractivity contribution < 1.29 is 26.3 Å². The van der Waals surface area contributed by atoms with Gasteiger partial charge in [-0.3, -0.25) is 0 Å². The number of pyridine rings is 1. The summed E-state index contributed by atoms with van der Waals surface area (Å²) in [6.07, 6.45) is -3.21. The number of ether oxygens (including phenoxy) is 1. The van der Waals surface area contributed by atoms with Crippen molar-refractivity contribution in [1.82, 2.24) is 4.98 Å². The van der Waals surface area contributed by atoms with Crippen LogP contribution in [0.4, 0.5) is 18.9 Å². The first-order chi connectivity index (χ1) is 11.6.